The van der Waals surface area contributed by atoms with Crippen molar-refractivity contribution in [3.63, 3.8) is 0 Å². The molecule has 0 radical (unpaired) electrons. The highest BCUT2D eigenvalue weighted by atomic mass is 19.1. The predicted molar refractivity (Wildman–Crippen MR) is 90.5 cm³/mol. The third-order valence-corrected chi connectivity index (χ3v) is 3.40. The SMILES string of the molecule is O=C(Nc1cccc([N+](=O)[O-])c1)c1ccc(COc2ccc(F)cc2)o1. The monoisotopic (exact) mass is 356 g/mol. The summed E-state index contributed by atoms with van der Waals surface area (Å²) in [4.78, 5) is 22.4. The number of hydrogen-bond acceptors (Lipinski definition) is 5. The normalized spacial score (nSPS) is 10.3. The number of ether oxygens (including phenoxy) is 1. The van der Waals surface area contributed by atoms with Crippen molar-refractivity contribution < 1.29 is 23.3 Å². The minimum Gasteiger partial charge on any atom is -0.486 e. The van der Waals surface area contributed by atoms with Crippen LogP contribution in [0.25, 0.3) is 0 Å². The number of nitrogens with one attached hydrogen (secondary N) is 1. The second-order valence-corrected chi connectivity index (χ2v) is 5.27. The largest absolute Gasteiger partial charge is 0.486 e. The van der Waals surface area contributed by atoms with E-state index in [4.69, 9.17) is 9.15 Å². The lowest BCUT2D eigenvalue weighted by Crippen LogP contribution is -2.11. The number of furan rings is 1. The third kappa shape index (κ3) is 4.23. The Labute approximate surface area is 147 Å². The summed E-state index contributed by atoms with van der Waals surface area (Å²) in [6.45, 7) is 0.0652. The Morgan fingerprint density at radius 3 is 2.65 bits per heavy atom. The fourth-order valence-electron chi connectivity index (χ4n) is 2.15. The molecule has 1 heterocycles. The van der Waals surface area contributed by atoms with Crippen LogP contribution in [0, 0.1) is 15.9 Å². The summed E-state index contributed by atoms with van der Waals surface area (Å²) in [6.07, 6.45) is 0. The summed E-state index contributed by atoms with van der Waals surface area (Å²) >= 11 is 0. The molecular weight excluding hydrogens is 343 g/mol. The first-order valence-corrected chi connectivity index (χ1v) is 7.54. The van der Waals surface area contributed by atoms with E-state index in [1.54, 1.807) is 6.07 Å². The maximum atomic E-state index is 12.8. The number of carbonyl (C=O) groups excluding carboxylic acids is 1. The van der Waals surface area contributed by atoms with E-state index >= 15 is 0 Å². The van der Waals surface area contributed by atoms with Crippen LogP contribution in [0.3, 0.4) is 0 Å². The van der Waals surface area contributed by atoms with Gasteiger partial charge >= 0.3 is 0 Å². The van der Waals surface area contributed by atoms with Gasteiger partial charge in [0.1, 0.15) is 23.9 Å². The zero-order valence-electron chi connectivity index (χ0n) is 13.3. The Morgan fingerprint density at radius 2 is 1.92 bits per heavy atom. The Morgan fingerprint density at radius 1 is 1.15 bits per heavy atom. The standard InChI is InChI=1S/C18H13FN2O5/c19-12-4-6-15(7-5-12)25-11-16-8-9-17(26-16)18(22)20-13-2-1-3-14(10-13)21(23)24/h1-10H,11H2,(H,20,22). The summed E-state index contributed by atoms with van der Waals surface area (Å²) in [5.41, 5.74) is 0.153. The van der Waals surface area contributed by atoms with Crippen LogP contribution in [0.1, 0.15) is 16.3 Å². The number of carbonyl (C=O) groups is 1. The van der Waals surface area contributed by atoms with Crippen LogP contribution in [-0.4, -0.2) is 10.8 Å². The Balaban J connectivity index is 1.61. The lowest BCUT2D eigenvalue weighted by Gasteiger charge is -2.04. The molecule has 26 heavy (non-hydrogen) atoms. The van der Waals surface area contributed by atoms with Crippen LogP contribution >= 0.6 is 0 Å². The summed E-state index contributed by atoms with van der Waals surface area (Å²) in [5.74, 6) is -0.00730. The lowest BCUT2D eigenvalue weighted by molar-refractivity contribution is -0.384. The molecule has 7 nitrogen and oxygen atoms in total. The molecule has 0 saturated heterocycles. The third-order valence-electron chi connectivity index (χ3n) is 3.40. The number of nitrogens with zero attached hydrogens (tertiary/aromatic N) is 1. The molecule has 0 spiro atoms. The molecule has 132 valence electrons. The number of nitro groups is 1. The number of nitro benzene ring substituents is 1. The van der Waals surface area contributed by atoms with Gasteiger partial charge < -0.3 is 14.5 Å². The van der Waals surface area contributed by atoms with E-state index in [0.29, 0.717) is 11.5 Å². The summed E-state index contributed by atoms with van der Waals surface area (Å²) in [7, 11) is 0. The molecule has 1 N–H and O–H groups in total. The van der Waals surface area contributed by atoms with Gasteiger partial charge in [-0.1, -0.05) is 6.07 Å². The highest BCUT2D eigenvalue weighted by molar-refractivity contribution is 6.02. The van der Waals surface area contributed by atoms with Crippen molar-refractivity contribution in [1.29, 1.82) is 0 Å². The first-order chi connectivity index (χ1) is 12.5. The number of non-ortho nitro benzene ring substituents is 1. The molecular formula is C18H13FN2O5. The molecule has 3 aromatic rings. The smallest absolute Gasteiger partial charge is 0.291 e. The average Bonchev–Trinajstić information content (AvgIpc) is 3.11. The van der Waals surface area contributed by atoms with Gasteiger partial charge in [-0.05, 0) is 42.5 Å². The van der Waals surface area contributed by atoms with Crippen molar-refractivity contribution in [2.45, 2.75) is 6.61 Å². The molecule has 0 atom stereocenters. The van der Waals surface area contributed by atoms with Gasteiger partial charge in [-0.2, -0.15) is 0 Å². The van der Waals surface area contributed by atoms with Gasteiger partial charge in [-0.3, -0.25) is 14.9 Å². The first kappa shape index (κ1) is 17.2. The van der Waals surface area contributed by atoms with Crippen LogP contribution in [0.4, 0.5) is 15.8 Å². The topological polar surface area (TPSA) is 94.6 Å². The number of amides is 1. The molecule has 8 heteroatoms. The molecule has 0 aliphatic rings. The maximum Gasteiger partial charge on any atom is 0.291 e. The second-order valence-electron chi connectivity index (χ2n) is 5.27. The maximum absolute atomic E-state index is 12.8. The highest BCUT2D eigenvalue weighted by Crippen LogP contribution is 2.19. The molecule has 1 aromatic heterocycles. The Kier molecular flexibility index (Phi) is 4.93. The molecule has 0 aliphatic carbocycles. The van der Waals surface area contributed by atoms with Crippen molar-refractivity contribution in [2.75, 3.05) is 5.32 Å². The highest BCUT2D eigenvalue weighted by Gasteiger charge is 2.13. The molecule has 0 fully saturated rings. The number of hydrogen-bond donors (Lipinski definition) is 1. The fraction of sp³-hybridized carbons (Fsp3) is 0.0556. The molecule has 1 amide bonds. The minimum absolute atomic E-state index is 0.0363. The summed E-state index contributed by atoms with van der Waals surface area (Å²) < 4.78 is 23.7. The summed E-state index contributed by atoms with van der Waals surface area (Å²) in [6, 6.07) is 14.1. The van der Waals surface area contributed by atoms with Gasteiger partial charge in [-0.15, -0.1) is 0 Å². The van der Waals surface area contributed by atoms with Gasteiger partial charge in [0.25, 0.3) is 11.6 Å². The summed E-state index contributed by atoms with van der Waals surface area (Å²) in [5, 5.41) is 13.3. The van der Waals surface area contributed by atoms with Crippen molar-refractivity contribution in [3.8, 4) is 5.75 Å². The number of rotatable bonds is 6. The van der Waals surface area contributed by atoms with E-state index in [0.717, 1.165) is 0 Å². The molecule has 3 rings (SSSR count). The van der Waals surface area contributed by atoms with Crippen LogP contribution in [-0.2, 0) is 6.61 Å². The van der Waals surface area contributed by atoms with Gasteiger partial charge in [0, 0.05) is 17.8 Å². The Hall–Kier alpha value is -3.68. The average molecular weight is 356 g/mol. The van der Waals surface area contributed by atoms with Gasteiger partial charge in [0.2, 0.25) is 0 Å². The lowest BCUT2D eigenvalue weighted by atomic mass is 10.2. The van der Waals surface area contributed by atoms with Crippen LogP contribution in [0.2, 0.25) is 0 Å². The van der Waals surface area contributed by atoms with Gasteiger partial charge in [0.05, 0.1) is 4.92 Å². The van der Waals surface area contributed by atoms with E-state index in [-0.39, 0.29) is 29.6 Å². The molecule has 0 bridgehead atoms. The second kappa shape index (κ2) is 7.47. The quantitative estimate of drug-likeness (QED) is 0.529. The molecule has 2 aromatic carbocycles. The Bertz CT molecular complexity index is 937. The van der Waals surface area contributed by atoms with Crippen molar-refractivity contribution in [1.82, 2.24) is 0 Å². The first-order valence-electron chi connectivity index (χ1n) is 7.54. The molecule has 0 unspecified atom stereocenters. The number of halogens is 1. The fourth-order valence-corrected chi connectivity index (χ4v) is 2.15. The minimum atomic E-state index is -0.548. The van der Waals surface area contributed by atoms with E-state index in [1.807, 2.05) is 0 Å². The van der Waals surface area contributed by atoms with E-state index < -0.39 is 10.8 Å². The van der Waals surface area contributed by atoms with Crippen molar-refractivity contribution in [2.24, 2.45) is 0 Å². The van der Waals surface area contributed by atoms with Crippen molar-refractivity contribution >= 4 is 17.3 Å². The molecule has 0 aliphatic heterocycles. The van der Waals surface area contributed by atoms with Crippen LogP contribution < -0.4 is 10.1 Å². The van der Waals surface area contributed by atoms with Gasteiger partial charge in [0.15, 0.2) is 5.76 Å². The zero-order valence-corrected chi connectivity index (χ0v) is 13.3. The van der Waals surface area contributed by atoms with E-state index in [9.17, 15) is 19.3 Å². The van der Waals surface area contributed by atoms with Gasteiger partial charge in [-0.25, -0.2) is 4.39 Å². The van der Waals surface area contributed by atoms with E-state index in [2.05, 4.69) is 5.32 Å². The van der Waals surface area contributed by atoms with Crippen LogP contribution in [0.15, 0.2) is 65.1 Å². The van der Waals surface area contributed by atoms with Crippen molar-refractivity contribution in [3.05, 3.63) is 88.1 Å². The number of anilines is 1. The zero-order chi connectivity index (χ0) is 18.5. The molecule has 0 saturated carbocycles. The van der Waals surface area contributed by atoms with E-state index in [1.165, 1.54) is 54.6 Å². The van der Waals surface area contributed by atoms with Crippen LogP contribution in [0.5, 0.6) is 5.75 Å². The predicted octanol–water partition coefficient (Wildman–Crippen LogP) is 4.16. The number of benzene rings is 2.